The highest BCUT2D eigenvalue weighted by Gasteiger charge is 2.45. The Morgan fingerprint density at radius 3 is 2.63 bits per heavy atom. The van der Waals surface area contributed by atoms with Crippen molar-refractivity contribution in [2.75, 3.05) is 19.6 Å². The summed E-state index contributed by atoms with van der Waals surface area (Å²) in [4.78, 5) is 29.5. The first-order chi connectivity index (χ1) is 13.1. The van der Waals surface area contributed by atoms with Crippen LogP contribution in [0.15, 0.2) is 39.7 Å². The summed E-state index contributed by atoms with van der Waals surface area (Å²) in [5.74, 6) is 0.360. The minimum atomic E-state index is 0.0836. The molecule has 3 heterocycles. The van der Waals surface area contributed by atoms with Crippen LogP contribution in [0.5, 0.6) is 0 Å². The average Bonchev–Trinajstić information content (AvgIpc) is 3.53. The standard InChI is InChI=1S/C22H26N2O3/c25-20-7-8-22(15-24(20)17-5-6-17)9-11-23(12-10-22)13-16-14-27-19-4-2-1-3-18(19)21(16)26/h1-4,14,17H,5-13,15H2. The summed E-state index contributed by atoms with van der Waals surface area (Å²) < 4.78 is 5.66. The molecule has 0 radical (unpaired) electrons. The summed E-state index contributed by atoms with van der Waals surface area (Å²) in [5, 5.41) is 0.661. The minimum absolute atomic E-state index is 0.0836. The van der Waals surface area contributed by atoms with Crippen molar-refractivity contribution in [3.05, 3.63) is 46.3 Å². The van der Waals surface area contributed by atoms with Crippen molar-refractivity contribution in [3.8, 4) is 0 Å². The van der Waals surface area contributed by atoms with E-state index in [1.165, 1.54) is 12.8 Å². The quantitative estimate of drug-likeness (QED) is 0.837. The third kappa shape index (κ3) is 3.18. The first-order valence-corrected chi connectivity index (χ1v) is 10.1. The van der Waals surface area contributed by atoms with Gasteiger partial charge in [-0.15, -0.1) is 0 Å². The Labute approximate surface area is 158 Å². The SMILES string of the molecule is O=C1CCC2(CCN(Cc3coc4ccccc4c3=O)CC2)CN1C1CC1. The molecule has 2 saturated heterocycles. The summed E-state index contributed by atoms with van der Waals surface area (Å²) in [7, 11) is 0. The van der Waals surface area contributed by atoms with Gasteiger partial charge in [-0.1, -0.05) is 12.1 Å². The zero-order valence-electron chi connectivity index (χ0n) is 15.7. The van der Waals surface area contributed by atoms with Gasteiger partial charge in [-0.05, 0) is 62.7 Å². The largest absolute Gasteiger partial charge is 0.464 e. The van der Waals surface area contributed by atoms with Crippen molar-refractivity contribution < 1.29 is 9.21 Å². The maximum atomic E-state index is 12.7. The number of amides is 1. The fraction of sp³-hybridized carbons (Fsp3) is 0.545. The monoisotopic (exact) mass is 366 g/mol. The summed E-state index contributed by atoms with van der Waals surface area (Å²) >= 11 is 0. The molecule has 2 aromatic rings. The highest BCUT2D eigenvalue weighted by molar-refractivity contribution is 5.78. The molecule has 1 aromatic heterocycles. The molecular weight excluding hydrogens is 340 g/mol. The summed E-state index contributed by atoms with van der Waals surface area (Å²) in [6.45, 7) is 3.56. The van der Waals surface area contributed by atoms with Gasteiger partial charge in [0, 0.05) is 31.1 Å². The first-order valence-electron chi connectivity index (χ1n) is 10.1. The third-order valence-corrected chi connectivity index (χ3v) is 6.75. The Morgan fingerprint density at radius 1 is 1.07 bits per heavy atom. The van der Waals surface area contributed by atoms with Gasteiger partial charge in [0.25, 0.3) is 0 Å². The van der Waals surface area contributed by atoms with E-state index >= 15 is 0 Å². The smallest absolute Gasteiger partial charge is 0.222 e. The van der Waals surface area contributed by atoms with Crippen LogP contribution in [0, 0.1) is 5.41 Å². The lowest BCUT2D eigenvalue weighted by molar-refractivity contribution is -0.139. The van der Waals surface area contributed by atoms with Gasteiger partial charge < -0.3 is 9.32 Å². The maximum Gasteiger partial charge on any atom is 0.222 e. The van der Waals surface area contributed by atoms with Crippen molar-refractivity contribution in [2.24, 2.45) is 5.41 Å². The number of para-hydroxylation sites is 1. The second-order valence-electron chi connectivity index (χ2n) is 8.62. The van der Waals surface area contributed by atoms with Gasteiger partial charge in [0.2, 0.25) is 5.91 Å². The molecular formula is C22H26N2O3. The zero-order chi connectivity index (χ0) is 18.4. The lowest BCUT2D eigenvalue weighted by Crippen LogP contribution is -2.52. The Morgan fingerprint density at radius 2 is 1.85 bits per heavy atom. The van der Waals surface area contributed by atoms with Gasteiger partial charge in [-0.2, -0.15) is 0 Å². The predicted octanol–water partition coefficient (Wildman–Crippen LogP) is 3.16. The Hall–Kier alpha value is -2.14. The number of likely N-dealkylation sites (tertiary alicyclic amines) is 2. The number of piperidine rings is 2. The van der Waals surface area contributed by atoms with Crippen LogP contribution < -0.4 is 5.43 Å². The van der Waals surface area contributed by atoms with Crippen LogP contribution in [0.25, 0.3) is 11.0 Å². The topological polar surface area (TPSA) is 53.8 Å². The molecule has 5 rings (SSSR count). The van der Waals surface area contributed by atoms with Crippen molar-refractivity contribution in [1.29, 1.82) is 0 Å². The molecule has 5 heteroatoms. The van der Waals surface area contributed by atoms with E-state index in [4.69, 9.17) is 4.42 Å². The van der Waals surface area contributed by atoms with E-state index in [0.29, 0.717) is 41.3 Å². The Kier molecular flexibility index (Phi) is 4.08. The molecule has 1 aromatic carbocycles. The van der Waals surface area contributed by atoms with Gasteiger partial charge >= 0.3 is 0 Å². The van der Waals surface area contributed by atoms with Crippen molar-refractivity contribution in [2.45, 2.75) is 51.1 Å². The van der Waals surface area contributed by atoms with E-state index in [2.05, 4.69) is 9.80 Å². The van der Waals surface area contributed by atoms with E-state index in [9.17, 15) is 9.59 Å². The maximum absolute atomic E-state index is 12.7. The molecule has 1 amide bonds. The molecule has 3 aliphatic rings. The van der Waals surface area contributed by atoms with E-state index in [1.54, 1.807) is 6.26 Å². The number of carbonyl (C=O) groups excluding carboxylic acids is 1. The number of fused-ring (bicyclic) bond motifs is 1. The van der Waals surface area contributed by atoms with Gasteiger partial charge in [-0.25, -0.2) is 0 Å². The van der Waals surface area contributed by atoms with Crippen molar-refractivity contribution >= 4 is 16.9 Å². The molecule has 142 valence electrons. The fourth-order valence-corrected chi connectivity index (χ4v) is 4.82. The number of hydrogen-bond donors (Lipinski definition) is 0. The number of benzene rings is 1. The average molecular weight is 366 g/mol. The second kappa shape index (κ2) is 6.48. The van der Waals surface area contributed by atoms with E-state index in [0.717, 1.165) is 44.5 Å². The van der Waals surface area contributed by atoms with E-state index < -0.39 is 0 Å². The number of nitrogens with zero attached hydrogens (tertiary/aromatic N) is 2. The summed E-state index contributed by atoms with van der Waals surface area (Å²) in [5.41, 5.74) is 1.76. The van der Waals surface area contributed by atoms with Crippen LogP contribution in [-0.4, -0.2) is 41.4 Å². The van der Waals surface area contributed by atoms with Crippen LogP contribution in [0.1, 0.15) is 44.1 Å². The predicted molar refractivity (Wildman–Crippen MR) is 103 cm³/mol. The first kappa shape index (κ1) is 17.0. The molecule has 1 spiro atoms. The molecule has 0 atom stereocenters. The highest BCUT2D eigenvalue weighted by Crippen LogP contribution is 2.43. The van der Waals surface area contributed by atoms with Crippen LogP contribution in [0.4, 0.5) is 0 Å². The molecule has 0 N–H and O–H groups in total. The molecule has 1 aliphatic carbocycles. The number of rotatable bonds is 3. The van der Waals surface area contributed by atoms with Gasteiger partial charge in [0.15, 0.2) is 5.43 Å². The van der Waals surface area contributed by atoms with Crippen LogP contribution in [0.3, 0.4) is 0 Å². The lowest BCUT2D eigenvalue weighted by Gasteiger charge is -2.47. The molecule has 3 fully saturated rings. The van der Waals surface area contributed by atoms with Gasteiger partial charge in [0.1, 0.15) is 5.58 Å². The Balaban J connectivity index is 1.27. The molecule has 27 heavy (non-hydrogen) atoms. The normalized spacial score (nSPS) is 23.3. The molecule has 1 saturated carbocycles. The zero-order valence-corrected chi connectivity index (χ0v) is 15.7. The highest BCUT2D eigenvalue weighted by atomic mass is 16.3. The number of hydrogen-bond acceptors (Lipinski definition) is 4. The van der Waals surface area contributed by atoms with Crippen LogP contribution >= 0.6 is 0 Å². The summed E-state index contributed by atoms with van der Waals surface area (Å²) in [6.07, 6.45) is 7.97. The van der Waals surface area contributed by atoms with Gasteiger partial charge in [0.05, 0.1) is 11.6 Å². The van der Waals surface area contributed by atoms with E-state index in [-0.39, 0.29) is 5.43 Å². The fourth-order valence-electron chi connectivity index (χ4n) is 4.82. The molecule has 2 aliphatic heterocycles. The number of carbonyl (C=O) groups is 1. The molecule has 5 nitrogen and oxygen atoms in total. The van der Waals surface area contributed by atoms with Crippen LogP contribution in [-0.2, 0) is 11.3 Å². The molecule has 0 unspecified atom stereocenters. The van der Waals surface area contributed by atoms with Crippen molar-refractivity contribution in [3.63, 3.8) is 0 Å². The summed E-state index contributed by atoms with van der Waals surface area (Å²) in [6, 6.07) is 7.95. The third-order valence-electron chi connectivity index (χ3n) is 6.75. The van der Waals surface area contributed by atoms with Crippen LogP contribution in [0.2, 0.25) is 0 Å². The van der Waals surface area contributed by atoms with Gasteiger partial charge in [-0.3, -0.25) is 14.5 Å². The molecule has 0 bridgehead atoms. The second-order valence-corrected chi connectivity index (χ2v) is 8.62. The van der Waals surface area contributed by atoms with E-state index in [1.807, 2.05) is 24.3 Å². The lowest BCUT2D eigenvalue weighted by atomic mass is 9.72. The minimum Gasteiger partial charge on any atom is -0.464 e. The Bertz CT molecular complexity index is 923. The van der Waals surface area contributed by atoms with Crippen molar-refractivity contribution in [1.82, 2.24) is 9.80 Å².